The molecule has 1 aliphatic heterocycles. The van der Waals surface area contributed by atoms with E-state index in [0.717, 1.165) is 0 Å². The summed E-state index contributed by atoms with van der Waals surface area (Å²) in [6.45, 7) is 1.36. The number of anilines is 1. The summed E-state index contributed by atoms with van der Waals surface area (Å²) in [6, 6.07) is 6.27. The standard InChI is InChI=1S/C14H12ClN5O3/c1-7(21)10-11(13(22)23-2)16-14-17-18-19-20(14)12(10)8-5-3-4-6-9(8)15/h3-6,12H,1-2H3,(H,16,17,19)/t12-/m1/s1. The Kier molecular flexibility index (Phi) is 3.83. The van der Waals surface area contributed by atoms with Crippen molar-refractivity contribution in [2.75, 3.05) is 12.4 Å². The van der Waals surface area contributed by atoms with Crippen LogP contribution in [0, 0.1) is 0 Å². The molecule has 0 aliphatic carbocycles. The zero-order chi connectivity index (χ0) is 16.6. The largest absolute Gasteiger partial charge is 0.464 e. The fraction of sp³-hybridized carbons (Fsp3) is 0.214. The van der Waals surface area contributed by atoms with E-state index in [1.165, 1.54) is 18.7 Å². The van der Waals surface area contributed by atoms with Crippen LogP contribution in [-0.2, 0) is 14.3 Å². The van der Waals surface area contributed by atoms with Crippen LogP contribution in [0.5, 0.6) is 0 Å². The van der Waals surface area contributed by atoms with Gasteiger partial charge in [0.1, 0.15) is 11.7 Å². The average molecular weight is 334 g/mol. The van der Waals surface area contributed by atoms with Gasteiger partial charge in [-0.25, -0.2) is 4.79 Å². The lowest BCUT2D eigenvalue weighted by molar-refractivity contribution is -0.136. The second kappa shape index (κ2) is 5.81. The number of Topliss-reactive ketones (excluding diaryl/α,β-unsaturated/α-hetero) is 1. The molecule has 0 saturated heterocycles. The number of rotatable bonds is 3. The molecular formula is C14H12ClN5O3. The number of nitrogens with zero attached hydrogens (tertiary/aromatic N) is 4. The van der Waals surface area contributed by atoms with Crippen molar-refractivity contribution in [1.82, 2.24) is 20.2 Å². The van der Waals surface area contributed by atoms with Gasteiger partial charge in [0.05, 0.1) is 12.7 Å². The number of nitrogens with one attached hydrogen (secondary N) is 1. The molecule has 1 N–H and O–H groups in total. The molecule has 0 radical (unpaired) electrons. The number of methoxy groups -OCH3 is 1. The molecule has 1 atom stereocenters. The van der Waals surface area contributed by atoms with Gasteiger partial charge < -0.3 is 10.1 Å². The highest BCUT2D eigenvalue weighted by atomic mass is 35.5. The fourth-order valence-corrected chi connectivity index (χ4v) is 2.74. The summed E-state index contributed by atoms with van der Waals surface area (Å²) in [6.07, 6.45) is 0. The Morgan fingerprint density at radius 3 is 2.74 bits per heavy atom. The van der Waals surface area contributed by atoms with Crippen LogP contribution in [0.2, 0.25) is 5.02 Å². The van der Waals surface area contributed by atoms with E-state index < -0.39 is 12.0 Å². The Morgan fingerprint density at radius 1 is 1.35 bits per heavy atom. The molecule has 0 spiro atoms. The SMILES string of the molecule is COC(=O)C1=C(C(C)=O)[C@@H](c2ccccc2Cl)n2nnnc2N1. The van der Waals surface area contributed by atoms with Crippen LogP contribution in [0.15, 0.2) is 35.5 Å². The zero-order valence-electron chi connectivity index (χ0n) is 12.3. The highest BCUT2D eigenvalue weighted by molar-refractivity contribution is 6.31. The van der Waals surface area contributed by atoms with E-state index >= 15 is 0 Å². The third-order valence-electron chi connectivity index (χ3n) is 3.49. The molecule has 8 nitrogen and oxygen atoms in total. The minimum absolute atomic E-state index is 0.00668. The molecule has 1 aliphatic rings. The molecule has 1 aromatic carbocycles. The van der Waals surface area contributed by atoms with Crippen LogP contribution in [0.3, 0.4) is 0 Å². The first-order chi connectivity index (χ1) is 11.0. The van der Waals surface area contributed by atoms with Gasteiger partial charge in [-0.05, 0) is 23.4 Å². The van der Waals surface area contributed by atoms with Crippen molar-refractivity contribution in [3.63, 3.8) is 0 Å². The number of aromatic nitrogens is 4. The normalized spacial score (nSPS) is 16.6. The number of fused-ring (bicyclic) bond motifs is 1. The molecular weight excluding hydrogens is 322 g/mol. The first-order valence-electron chi connectivity index (χ1n) is 6.67. The maximum Gasteiger partial charge on any atom is 0.355 e. The van der Waals surface area contributed by atoms with Crippen molar-refractivity contribution in [2.45, 2.75) is 13.0 Å². The molecule has 3 rings (SSSR count). The smallest absolute Gasteiger partial charge is 0.355 e. The van der Waals surface area contributed by atoms with Gasteiger partial charge in [-0.3, -0.25) is 4.79 Å². The van der Waals surface area contributed by atoms with Gasteiger partial charge in [0.2, 0.25) is 5.95 Å². The molecule has 1 aromatic heterocycles. The van der Waals surface area contributed by atoms with E-state index in [1.807, 2.05) is 0 Å². The minimum atomic E-state index is -0.721. The number of esters is 1. The van der Waals surface area contributed by atoms with Crippen LogP contribution < -0.4 is 5.32 Å². The number of ether oxygens (including phenoxy) is 1. The molecule has 9 heteroatoms. The summed E-state index contributed by atoms with van der Waals surface area (Å²) in [5, 5.41) is 14.5. The maximum absolute atomic E-state index is 12.2. The zero-order valence-corrected chi connectivity index (χ0v) is 13.0. The van der Waals surface area contributed by atoms with E-state index in [9.17, 15) is 9.59 Å². The molecule has 2 heterocycles. The second-order valence-corrected chi connectivity index (χ2v) is 5.24. The lowest BCUT2D eigenvalue weighted by Gasteiger charge is -2.27. The average Bonchev–Trinajstić information content (AvgIpc) is 3.01. The van der Waals surface area contributed by atoms with Gasteiger partial charge in [0, 0.05) is 10.6 Å². The van der Waals surface area contributed by atoms with Crippen molar-refractivity contribution in [3.05, 3.63) is 46.1 Å². The summed E-state index contributed by atoms with van der Waals surface area (Å²) < 4.78 is 6.16. The maximum atomic E-state index is 12.2. The molecule has 0 bridgehead atoms. The van der Waals surface area contributed by atoms with E-state index in [2.05, 4.69) is 20.8 Å². The van der Waals surface area contributed by atoms with Gasteiger partial charge in [0.15, 0.2) is 5.78 Å². The van der Waals surface area contributed by atoms with Crippen LogP contribution >= 0.6 is 11.6 Å². The minimum Gasteiger partial charge on any atom is -0.464 e. The Bertz CT molecular complexity index is 829. The van der Waals surface area contributed by atoms with E-state index in [1.54, 1.807) is 24.3 Å². The number of allylic oxidation sites excluding steroid dienone is 1. The van der Waals surface area contributed by atoms with Crippen molar-refractivity contribution < 1.29 is 14.3 Å². The number of benzene rings is 1. The first kappa shape index (κ1) is 15.2. The van der Waals surface area contributed by atoms with Gasteiger partial charge in [-0.1, -0.05) is 34.9 Å². The Morgan fingerprint density at radius 2 is 2.09 bits per heavy atom. The van der Waals surface area contributed by atoms with Crippen molar-refractivity contribution >= 4 is 29.3 Å². The van der Waals surface area contributed by atoms with Crippen LogP contribution in [0.4, 0.5) is 5.95 Å². The molecule has 23 heavy (non-hydrogen) atoms. The van der Waals surface area contributed by atoms with Crippen molar-refractivity contribution in [1.29, 1.82) is 0 Å². The second-order valence-electron chi connectivity index (χ2n) is 4.83. The number of carbonyl (C=O) groups excluding carboxylic acids is 2. The number of hydrogen-bond acceptors (Lipinski definition) is 7. The Hall–Kier alpha value is -2.74. The van der Waals surface area contributed by atoms with Crippen LogP contribution in [0.1, 0.15) is 18.5 Å². The highest BCUT2D eigenvalue weighted by Crippen LogP contribution is 2.37. The third-order valence-corrected chi connectivity index (χ3v) is 3.83. The number of tetrazole rings is 1. The van der Waals surface area contributed by atoms with Gasteiger partial charge in [-0.2, -0.15) is 4.68 Å². The van der Waals surface area contributed by atoms with Gasteiger partial charge in [-0.15, -0.1) is 0 Å². The lowest BCUT2D eigenvalue weighted by atomic mass is 9.93. The van der Waals surface area contributed by atoms with Gasteiger partial charge in [0.25, 0.3) is 0 Å². The van der Waals surface area contributed by atoms with E-state index in [0.29, 0.717) is 10.6 Å². The molecule has 0 saturated carbocycles. The topological polar surface area (TPSA) is 99.0 Å². The van der Waals surface area contributed by atoms with E-state index in [-0.39, 0.29) is 23.0 Å². The van der Waals surface area contributed by atoms with Crippen LogP contribution in [0.25, 0.3) is 0 Å². The number of hydrogen-bond donors (Lipinski definition) is 1. The van der Waals surface area contributed by atoms with Crippen molar-refractivity contribution in [3.8, 4) is 0 Å². The monoisotopic (exact) mass is 333 g/mol. The predicted molar refractivity (Wildman–Crippen MR) is 80.8 cm³/mol. The van der Waals surface area contributed by atoms with E-state index in [4.69, 9.17) is 16.3 Å². The Labute approximate surface area is 136 Å². The molecule has 0 amide bonds. The number of halogens is 1. The quantitative estimate of drug-likeness (QED) is 0.846. The number of carbonyl (C=O) groups is 2. The lowest BCUT2D eigenvalue weighted by Crippen LogP contribution is -2.32. The van der Waals surface area contributed by atoms with Crippen LogP contribution in [-0.4, -0.2) is 39.1 Å². The summed E-state index contributed by atoms with van der Waals surface area (Å²) >= 11 is 6.27. The van der Waals surface area contributed by atoms with Gasteiger partial charge >= 0.3 is 5.97 Å². The summed E-state index contributed by atoms with van der Waals surface area (Å²) in [5.74, 6) is -0.772. The first-order valence-corrected chi connectivity index (χ1v) is 7.05. The van der Waals surface area contributed by atoms with Crippen molar-refractivity contribution in [2.24, 2.45) is 0 Å². The molecule has 118 valence electrons. The predicted octanol–water partition coefficient (Wildman–Crippen LogP) is 1.36. The molecule has 0 fully saturated rings. The Balaban J connectivity index is 2.29. The summed E-state index contributed by atoms with van der Waals surface area (Å²) in [5.41, 5.74) is 0.799. The summed E-state index contributed by atoms with van der Waals surface area (Å²) in [7, 11) is 1.23. The summed E-state index contributed by atoms with van der Waals surface area (Å²) in [4.78, 5) is 24.3. The number of ketones is 1. The third kappa shape index (κ3) is 2.46. The molecule has 2 aromatic rings. The highest BCUT2D eigenvalue weighted by Gasteiger charge is 2.37. The fourth-order valence-electron chi connectivity index (χ4n) is 2.50. The molecule has 0 unspecified atom stereocenters.